The number of rotatable bonds is 38. The highest BCUT2D eigenvalue weighted by atomic mass is 19.4. The van der Waals surface area contributed by atoms with E-state index in [0.29, 0.717) is 37.1 Å². The molecule has 2 rings (SSSR count). The molecule has 2 saturated carbocycles. The van der Waals surface area contributed by atoms with Crippen molar-refractivity contribution in [2.75, 3.05) is 52.4 Å². The lowest BCUT2D eigenvalue weighted by Crippen LogP contribution is -2.45. The molecule has 69 heavy (non-hydrogen) atoms. The molecule has 402 valence electrons. The van der Waals surface area contributed by atoms with Gasteiger partial charge in [0, 0.05) is 64.4 Å². The zero-order valence-corrected chi connectivity index (χ0v) is 42.5. The predicted octanol–water partition coefficient (Wildman–Crippen LogP) is 7.95. The van der Waals surface area contributed by atoms with E-state index in [1.807, 2.05) is 0 Å². The third kappa shape index (κ3) is 38.1. The highest BCUT2D eigenvalue weighted by Gasteiger charge is 2.38. The van der Waals surface area contributed by atoms with Crippen LogP contribution < -0.4 is 45.0 Å². The first-order chi connectivity index (χ1) is 33.2. The Morgan fingerprint density at radius 2 is 0.667 bits per heavy atom. The van der Waals surface area contributed by atoms with Crippen molar-refractivity contribution >= 4 is 35.8 Å². The number of nitrogens with zero attached hydrogens (tertiary/aromatic N) is 6. The number of guanidine groups is 4. The van der Waals surface area contributed by atoms with Crippen molar-refractivity contribution in [3.05, 3.63) is 0 Å². The number of urea groups is 1. The number of amides is 2. The third-order valence-corrected chi connectivity index (χ3v) is 12.7. The minimum Gasteiger partial charge on any atom is -0.475 e. The smallest absolute Gasteiger partial charge is 0.475 e. The third-order valence-electron chi connectivity index (χ3n) is 12.7. The summed E-state index contributed by atoms with van der Waals surface area (Å²) in [6.45, 7) is 6.31. The highest BCUT2D eigenvalue weighted by molar-refractivity contribution is 5.78. The Morgan fingerprint density at radius 1 is 0.435 bits per heavy atom. The van der Waals surface area contributed by atoms with Crippen molar-refractivity contribution in [3.8, 4) is 0 Å². The summed E-state index contributed by atoms with van der Waals surface area (Å²) < 4.78 is 31.7. The summed E-state index contributed by atoms with van der Waals surface area (Å²) in [7, 11) is 0. The van der Waals surface area contributed by atoms with Gasteiger partial charge in [-0.05, 0) is 77.0 Å². The van der Waals surface area contributed by atoms with Gasteiger partial charge in [0.25, 0.3) is 0 Å². The Bertz CT molecular complexity index is 1330. The Kier molecular flexibility index (Phi) is 37.6. The van der Waals surface area contributed by atoms with E-state index in [-0.39, 0.29) is 18.0 Å². The van der Waals surface area contributed by atoms with Gasteiger partial charge in [0.05, 0.1) is 0 Å². The lowest BCUT2D eigenvalue weighted by molar-refractivity contribution is -0.192. The van der Waals surface area contributed by atoms with Crippen molar-refractivity contribution in [1.29, 1.82) is 0 Å². The molecule has 20 heteroatoms. The van der Waals surface area contributed by atoms with Crippen molar-refractivity contribution < 1.29 is 27.9 Å². The molecule has 0 aromatic rings. The van der Waals surface area contributed by atoms with Gasteiger partial charge in [-0.25, -0.2) is 9.59 Å². The van der Waals surface area contributed by atoms with Crippen LogP contribution >= 0.6 is 0 Å². The van der Waals surface area contributed by atoms with E-state index in [9.17, 15) is 18.0 Å². The molecule has 2 aliphatic rings. The average Bonchev–Trinajstić information content (AvgIpc) is 4.02. The molecule has 0 heterocycles. The molecule has 0 spiro atoms. The van der Waals surface area contributed by atoms with Crippen LogP contribution in [0.2, 0.25) is 0 Å². The lowest BCUT2D eigenvalue weighted by atomic mass is 10.1. The van der Waals surface area contributed by atoms with Gasteiger partial charge >= 0.3 is 18.2 Å². The first kappa shape index (κ1) is 62.6. The van der Waals surface area contributed by atoms with E-state index in [1.165, 1.54) is 116 Å². The van der Waals surface area contributed by atoms with Gasteiger partial charge in [-0.2, -0.15) is 13.2 Å². The number of hydrogen-bond donors (Lipinski definition) is 9. The molecule has 0 unspecified atom stereocenters. The first-order valence-corrected chi connectivity index (χ1v) is 26.8. The number of hydrogen-bond acceptors (Lipinski definition) is 6. The van der Waals surface area contributed by atoms with Gasteiger partial charge < -0.3 is 59.9 Å². The van der Waals surface area contributed by atoms with Crippen molar-refractivity contribution in [1.82, 2.24) is 20.4 Å². The van der Waals surface area contributed by atoms with E-state index in [4.69, 9.17) is 44.3 Å². The van der Waals surface area contributed by atoms with E-state index in [0.717, 1.165) is 129 Å². The fraction of sp³-hybridized carbons (Fsp3) is 0.878. The molecule has 0 saturated heterocycles. The van der Waals surface area contributed by atoms with Crippen LogP contribution in [-0.2, 0) is 4.79 Å². The maximum atomic E-state index is 14.4. The molecule has 15 N–H and O–H groups in total. The summed E-state index contributed by atoms with van der Waals surface area (Å²) in [4.78, 5) is 45.0. The number of carboxylic acid groups (broad SMARTS) is 1. The predicted molar refractivity (Wildman–Crippen MR) is 278 cm³/mol. The van der Waals surface area contributed by atoms with Gasteiger partial charge in [0.2, 0.25) is 0 Å². The Hall–Kier alpha value is -4.39. The second kappa shape index (κ2) is 41.4. The van der Waals surface area contributed by atoms with E-state index in [2.05, 4.69) is 40.4 Å². The molecule has 2 aliphatic carbocycles. The Balaban J connectivity index is 0.00000314. The molecule has 0 bridgehead atoms. The molecule has 2 amide bonds. The lowest BCUT2D eigenvalue weighted by Gasteiger charge is -2.31. The summed E-state index contributed by atoms with van der Waals surface area (Å²) in [5.41, 5.74) is 34.1. The van der Waals surface area contributed by atoms with Crippen molar-refractivity contribution in [3.63, 3.8) is 0 Å². The molecule has 17 nitrogen and oxygen atoms in total. The number of carbonyl (C=O) groups is 2. The largest absolute Gasteiger partial charge is 0.490 e. The number of nitrogens with two attached hydrogens (primary N) is 6. The van der Waals surface area contributed by atoms with Crippen LogP contribution in [0.4, 0.5) is 18.0 Å². The van der Waals surface area contributed by atoms with Crippen LogP contribution in [0, 0.1) is 0 Å². The SMILES string of the molecule is NC(N)=NCCCCCCCCN(CCCCCCCCN=C(N)NC1CCCC1)C(=O)N(CCCCCCCCN=C(N)N)CCCCCCCCN=C(N)NC1CCCC1.O=C(O)C(F)(F)F. The number of carbonyl (C=O) groups excluding carboxylic acids is 1. The molecule has 0 radical (unpaired) electrons. The summed E-state index contributed by atoms with van der Waals surface area (Å²) in [6.07, 6.45) is 31.8. The van der Waals surface area contributed by atoms with Crippen LogP contribution in [0.3, 0.4) is 0 Å². The highest BCUT2D eigenvalue weighted by Crippen LogP contribution is 2.19. The van der Waals surface area contributed by atoms with Gasteiger partial charge in [0.15, 0.2) is 23.8 Å². The number of halogens is 3. The van der Waals surface area contributed by atoms with Gasteiger partial charge in [0.1, 0.15) is 0 Å². The monoisotopic (exact) mass is 987 g/mol. The van der Waals surface area contributed by atoms with Crippen LogP contribution in [-0.4, -0.2) is 121 Å². The van der Waals surface area contributed by atoms with Crippen molar-refractivity contribution in [2.45, 2.75) is 224 Å². The minimum absolute atomic E-state index is 0.170. The van der Waals surface area contributed by atoms with Crippen LogP contribution in [0.25, 0.3) is 0 Å². The maximum Gasteiger partial charge on any atom is 0.490 e. The number of alkyl halides is 3. The van der Waals surface area contributed by atoms with E-state index < -0.39 is 12.1 Å². The summed E-state index contributed by atoms with van der Waals surface area (Å²) in [5, 5.41) is 13.9. The zero-order valence-electron chi connectivity index (χ0n) is 42.5. The standard InChI is InChI=1S/C47H96N14O.C2HF3O2/c48-43(49)54-33-21-9-1-5-13-25-37-60(39-27-15-7-3-11-23-35-56-45(52)58-41-29-17-18-30-41)47(62)61(38-26-14-6-2-10-22-34-55-44(50)51)40-28-16-8-4-12-24-36-57-46(53)59-42-31-19-20-32-42;3-2(4,5)1(6)7/h41-42H,1-40H2,(H4,48,49,54)(H4,50,51,55)(H3,52,56,58)(H3,53,57,59);(H,6,7). The quantitative estimate of drug-likeness (QED) is 0.0162. The molecule has 0 atom stereocenters. The maximum absolute atomic E-state index is 14.4. The second-order valence-electron chi connectivity index (χ2n) is 18.9. The molecular formula is C49H97F3N14O3. The van der Waals surface area contributed by atoms with Crippen LogP contribution in [0.5, 0.6) is 0 Å². The van der Waals surface area contributed by atoms with Crippen LogP contribution in [0.15, 0.2) is 20.0 Å². The fourth-order valence-electron chi connectivity index (χ4n) is 8.76. The number of aliphatic carboxylic acids is 1. The van der Waals surface area contributed by atoms with Gasteiger partial charge in [-0.15, -0.1) is 0 Å². The fourth-order valence-corrected chi connectivity index (χ4v) is 8.76. The number of carboxylic acids is 1. The Morgan fingerprint density at radius 3 is 0.913 bits per heavy atom. The number of unbranched alkanes of at least 4 members (excludes halogenated alkanes) is 20. The minimum atomic E-state index is -5.08. The molecule has 2 fully saturated rings. The second-order valence-corrected chi connectivity index (χ2v) is 18.9. The number of aliphatic imine (C=N–C) groups is 4. The number of nitrogens with one attached hydrogen (secondary N) is 2. The first-order valence-electron chi connectivity index (χ1n) is 26.8. The van der Waals surface area contributed by atoms with Crippen molar-refractivity contribution in [2.24, 2.45) is 54.4 Å². The summed E-state index contributed by atoms with van der Waals surface area (Å²) in [6, 6.07) is 1.26. The van der Waals surface area contributed by atoms with Gasteiger partial charge in [-0.1, -0.05) is 128 Å². The average molecular weight is 987 g/mol. The molecule has 0 aliphatic heterocycles. The normalized spacial score (nSPS) is 14.5. The van der Waals surface area contributed by atoms with Gasteiger partial charge in [-0.3, -0.25) is 20.0 Å². The Labute approximate surface area is 413 Å². The molecular weight excluding hydrogens is 890 g/mol. The zero-order chi connectivity index (χ0) is 50.8. The molecule has 0 aromatic heterocycles. The summed E-state index contributed by atoms with van der Waals surface area (Å²) in [5.74, 6) is -1.20. The van der Waals surface area contributed by atoms with E-state index >= 15 is 0 Å². The van der Waals surface area contributed by atoms with Crippen LogP contribution in [0.1, 0.15) is 205 Å². The van der Waals surface area contributed by atoms with E-state index in [1.54, 1.807) is 0 Å². The molecule has 0 aromatic carbocycles. The topological polar surface area (TPSA) is 290 Å². The summed E-state index contributed by atoms with van der Waals surface area (Å²) >= 11 is 0.